The molecule has 1 fully saturated rings. The third-order valence-corrected chi connectivity index (χ3v) is 6.86. The molecule has 5 aromatic rings. The number of nitrogens with zero attached hydrogens (tertiary/aromatic N) is 7. The fraction of sp³-hybridized carbons (Fsp3) is 0.207. The first kappa shape index (κ1) is 22.8. The summed E-state index contributed by atoms with van der Waals surface area (Å²) in [7, 11) is 0. The van der Waals surface area contributed by atoms with Crippen LogP contribution in [0.1, 0.15) is 22.6 Å². The summed E-state index contributed by atoms with van der Waals surface area (Å²) in [6, 6.07) is 30.2. The summed E-state index contributed by atoms with van der Waals surface area (Å²) in [5, 5.41) is 8.77. The van der Waals surface area contributed by atoms with Crippen LogP contribution in [0.5, 0.6) is 0 Å². The highest BCUT2D eigenvalue weighted by Crippen LogP contribution is 2.28. The van der Waals surface area contributed by atoms with Gasteiger partial charge in [0.05, 0.1) is 12.5 Å². The van der Waals surface area contributed by atoms with Crippen LogP contribution in [0.15, 0.2) is 97.3 Å². The number of hydrogen-bond donors (Lipinski definition) is 0. The lowest BCUT2D eigenvalue weighted by Crippen LogP contribution is -2.50. The van der Waals surface area contributed by atoms with Crippen molar-refractivity contribution in [1.29, 1.82) is 0 Å². The van der Waals surface area contributed by atoms with Gasteiger partial charge in [-0.1, -0.05) is 96.2 Å². The molecule has 0 atom stereocenters. The lowest BCUT2D eigenvalue weighted by atomic mass is 9.90. The Morgan fingerprint density at radius 1 is 0.757 bits per heavy atom. The molecule has 0 aliphatic carbocycles. The van der Waals surface area contributed by atoms with Gasteiger partial charge in [0.2, 0.25) is 5.91 Å². The molecule has 0 spiro atoms. The van der Waals surface area contributed by atoms with E-state index in [1.807, 2.05) is 83.8 Å². The zero-order valence-corrected chi connectivity index (χ0v) is 20.4. The van der Waals surface area contributed by atoms with Crippen LogP contribution in [0.3, 0.4) is 0 Å². The molecule has 8 heteroatoms. The molecule has 6 rings (SSSR count). The van der Waals surface area contributed by atoms with E-state index in [-0.39, 0.29) is 11.8 Å². The molecule has 0 bridgehead atoms. The normalized spacial score (nSPS) is 13.9. The number of aromatic nitrogens is 5. The molecule has 3 heterocycles. The third kappa shape index (κ3) is 4.65. The highest BCUT2D eigenvalue weighted by Gasteiger charge is 2.31. The predicted octanol–water partition coefficient (Wildman–Crippen LogP) is 3.75. The standard InChI is InChI=1S/C29H27N7O/c37-29(25(23-12-6-2-7-13-23)24-14-8-3-9-15-24)35-18-16-34(17-19-35)27-26-28(31-21-30-27)36(33-32-26)20-22-10-4-1-5-11-22/h1-15,21,25H,16-20H2. The van der Waals surface area contributed by atoms with Crippen molar-refractivity contribution in [3.05, 3.63) is 114 Å². The number of amides is 1. The Bertz CT molecular complexity index is 1440. The molecule has 1 amide bonds. The molecule has 3 aromatic carbocycles. The van der Waals surface area contributed by atoms with Gasteiger partial charge in [0, 0.05) is 26.2 Å². The average molecular weight is 490 g/mol. The van der Waals surface area contributed by atoms with Crippen molar-refractivity contribution >= 4 is 22.9 Å². The van der Waals surface area contributed by atoms with Gasteiger partial charge in [0.25, 0.3) is 0 Å². The van der Waals surface area contributed by atoms with E-state index in [1.54, 1.807) is 11.0 Å². The van der Waals surface area contributed by atoms with E-state index in [9.17, 15) is 4.79 Å². The molecule has 1 aliphatic rings. The summed E-state index contributed by atoms with van der Waals surface area (Å²) >= 11 is 0. The van der Waals surface area contributed by atoms with E-state index in [0.717, 1.165) is 22.5 Å². The molecule has 0 N–H and O–H groups in total. The molecule has 0 radical (unpaired) electrons. The van der Waals surface area contributed by atoms with E-state index in [0.29, 0.717) is 43.9 Å². The minimum absolute atomic E-state index is 0.124. The number of carbonyl (C=O) groups excluding carboxylic acids is 1. The van der Waals surface area contributed by atoms with Crippen molar-refractivity contribution in [2.24, 2.45) is 0 Å². The molecule has 1 saturated heterocycles. The van der Waals surface area contributed by atoms with Crippen molar-refractivity contribution in [2.45, 2.75) is 12.5 Å². The lowest BCUT2D eigenvalue weighted by Gasteiger charge is -2.37. The second kappa shape index (κ2) is 10.2. The van der Waals surface area contributed by atoms with Gasteiger partial charge in [0.15, 0.2) is 17.0 Å². The van der Waals surface area contributed by atoms with Gasteiger partial charge in [-0.2, -0.15) is 0 Å². The van der Waals surface area contributed by atoms with E-state index < -0.39 is 0 Å². The smallest absolute Gasteiger partial charge is 0.234 e. The lowest BCUT2D eigenvalue weighted by molar-refractivity contribution is -0.132. The minimum Gasteiger partial charge on any atom is -0.351 e. The van der Waals surface area contributed by atoms with Gasteiger partial charge in [-0.25, -0.2) is 14.6 Å². The number of benzene rings is 3. The molecular weight excluding hydrogens is 462 g/mol. The van der Waals surface area contributed by atoms with Gasteiger partial charge >= 0.3 is 0 Å². The van der Waals surface area contributed by atoms with E-state index >= 15 is 0 Å². The SMILES string of the molecule is O=C(C(c1ccccc1)c1ccccc1)N1CCN(c2ncnc3c2nnn3Cc2ccccc2)CC1. The van der Waals surface area contributed by atoms with Gasteiger partial charge in [-0.3, -0.25) is 4.79 Å². The molecule has 0 saturated carbocycles. The van der Waals surface area contributed by atoms with Crippen LogP contribution in [-0.2, 0) is 11.3 Å². The van der Waals surface area contributed by atoms with Crippen molar-refractivity contribution in [3.63, 3.8) is 0 Å². The Morgan fingerprint density at radius 2 is 1.35 bits per heavy atom. The van der Waals surface area contributed by atoms with E-state index in [1.165, 1.54) is 0 Å². The number of rotatable bonds is 6. The fourth-order valence-electron chi connectivity index (χ4n) is 4.96. The summed E-state index contributed by atoms with van der Waals surface area (Å²) in [5.41, 5.74) is 4.54. The van der Waals surface area contributed by atoms with Crippen molar-refractivity contribution in [2.75, 3.05) is 31.1 Å². The van der Waals surface area contributed by atoms with Crippen LogP contribution in [0.4, 0.5) is 5.82 Å². The maximum Gasteiger partial charge on any atom is 0.234 e. The van der Waals surface area contributed by atoms with Crippen LogP contribution in [-0.4, -0.2) is 61.9 Å². The Kier molecular flexibility index (Phi) is 6.29. The summed E-state index contributed by atoms with van der Waals surface area (Å²) < 4.78 is 1.81. The molecule has 8 nitrogen and oxygen atoms in total. The molecule has 2 aromatic heterocycles. The van der Waals surface area contributed by atoms with Crippen LogP contribution in [0.2, 0.25) is 0 Å². The molecule has 184 valence electrons. The van der Waals surface area contributed by atoms with E-state index in [4.69, 9.17) is 0 Å². The van der Waals surface area contributed by atoms with Crippen molar-refractivity contribution in [3.8, 4) is 0 Å². The zero-order valence-electron chi connectivity index (χ0n) is 20.4. The highest BCUT2D eigenvalue weighted by molar-refractivity contribution is 5.88. The quantitative estimate of drug-likeness (QED) is 0.361. The Labute approximate surface area is 215 Å². The molecular formula is C29H27N7O. The van der Waals surface area contributed by atoms with Crippen molar-refractivity contribution < 1.29 is 4.79 Å². The Morgan fingerprint density at radius 3 is 1.97 bits per heavy atom. The van der Waals surface area contributed by atoms with Crippen LogP contribution < -0.4 is 4.90 Å². The summed E-state index contributed by atoms with van der Waals surface area (Å²) in [6.07, 6.45) is 1.57. The number of piperazine rings is 1. The van der Waals surface area contributed by atoms with Gasteiger partial charge in [-0.05, 0) is 16.7 Å². The Balaban J connectivity index is 1.20. The van der Waals surface area contributed by atoms with Crippen molar-refractivity contribution in [1.82, 2.24) is 29.9 Å². The topological polar surface area (TPSA) is 80.0 Å². The van der Waals surface area contributed by atoms with Gasteiger partial charge in [0.1, 0.15) is 6.33 Å². The third-order valence-electron chi connectivity index (χ3n) is 6.86. The Hall–Kier alpha value is -4.59. The monoisotopic (exact) mass is 489 g/mol. The van der Waals surface area contributed by atoms with E-state index in [2.05, 4.69) is 37.3 Å². The maximum atomic E-state index is 13.8. The largest absolute Gasteiger partial charge is 0.351 e. The summed E-state index contributed by atoms with van der Waals surface area (Å²) in [5.74, 6) is 0.565. The first-order valence-corrected chi connectivity index (χ1v) is 12.5. The first-order valence-electron chi connectivity index (χ1n) is 12.5. The number of fused-ring (bicyclic) bond motifs is 1. The van der Waals surface area contributed by atoms with Crippen LogP contribution >= 0.6 is 0 Å². The average Bonchev–Trinajstić information content (AvgIpc) is 3.38. The first-order chi connectivity index (χ1) is 18.3. The summed E-state index contributed by atoms with van der Waals surface area (Å²) in [6.45, 7) is 3.15. The molecule has 1 aliphatic heterocycles. The number of anilines is 1. The second-order valence-corrected chi connectivity index (χ2v) is 9.17. The minimum atomic E-state index is -0.322. The van der Waals surface area contributed by atoms with Gasteiger partial charge < -0.3 is 9.80 Å². The number of carbonyl (C=O) groups is 1. The van der Waals surface area contributed by atoms with Gasteiger partial charge in [-0.15, -0.1) is 5.10 Å². The summed E-state index contributed by atoms with van der Waals surface area (Å²) in [4.78, 5) is 26.9. The predicted molar refractivity (Wildman–Crippen MR) is 142 cm³/mol. The second-order valence-electron chi connectivity index (χ2n) is 9.17. The molecule has 0 unspecified atom stereocenters. The molecule has 37 heavy (non-hydrogen) atoms. The van der Waals surface area contributed by atoms with Crippen LogP contribution in [0, 0.1) is 0 Å². The zero-order chi connectivity index (χ0) is 25.0. The fourth-order valence-corrected chi connectivity index (χ4v) is 4.96. The maximum absolute atomic E-state index is 13.8. The number of hydrogen-bond acceptors (Lipinski definition) is 6. The highest BCUT2D eigenvalue weighted by atomic mass is 16.2. The van der Waals surface area contributed by atoms with Crippen LogP contribution in [0.25, 0.3) is 11.2 Å².